The number of carbonyl (C=O) groups excluding carboxylic acids is 1. The van der Waals surface area contributed by atoms with Crippen LogP contribution in [0.1, 0.15) is 21.5 Å². The van der Waals surface area contributed by atoms with Gasteiger partial charge in [-0.3, -0.25) is 10.1 Å². The predicted molar refractivity (Wildman–Crippen MR) is 83.4 cm³/mol. The largest absolute Gasteiger partial charge is 0.298 e. The Labute approximate surface area is 125 Å². The molecule has 0 aliphatic carbocycles. The minimum atomic E-state index is -0.363. The molecular weight excluding hydrogens is 287 g/mol. The second kappa shape index (κ2) is 5.26. The van der Waals surface area contributed by atoms with Crippen LogP contribution in [0.3, 0.4) is 0 Å². The van der Waals surface area contributed by atoms with Crippen LogP contribution in [0.5, 0.6) is 0 Å². The second-order valence-corrected chi connectivity index (χ2v) is 5.91. The number of anilines is 1. The molecule has 106 valence electrons. The average Bonchev–Trinajstić information content (AvgIpc) is 2.82. The van der Waals surface area contributed by atoms with Crippen molar-refractivity contribution in [1.29, 1.82) is 0 Å². The maximum absolute atomic E-state index is 12.9. The van der Waals surface area contributed by atoms with E-state index < -0.39 is 0 Å². The van der Waals surface area contributed by atoms with Crippen molar-refractivity contribution < 1.29 is 9.18 Å². The summed E-state index contributed by atoms with van der Waals surface area (Å²) in [4.78, 5) is 16.5. The number of rotatable bonds is 2. The van der Waals surface area contributed by atoms with Gasteiger partial charge in [-0.05, 0) is 55.3 Å². The first-order valence-corrected chi connectivity index (χ1v) is 7.29. The van der Waals surface area contributed by atoms with Gasteiger partial charge in [-0.25, -0.2) is 9.37 Å². The monoisotopic (exact) mass is 300 g/mol. The highest BCUT2D eigenvalue weighted by Crippen LogP contribution is 2.30. The summed E-state index contributed by atoms with van der Waals surface area (Å²) in [5.41, 5.74) is 3.57. The van der Waals surface area contributed by atoms with E-state index in [1.54, 1.807) is 0 Å². The van der Waals surface area contributed by atoms with Gasteiger partial charge in [0.1, 0.15) is 5.82 Å². The Balaban J connectivity index is 1.89. The lowest BCUT2D eigenvalue weighted by Gasteiger charge is -2.00. The second-order valence-electron chi connectivity index (χ2n) is 4.91. The number of halogens is 1. The van der Waals surface area contributed by atoms with Gasteiger partial charge in [0.05, 0.1) is 10.2 Å². The smallest absolute Gasteiger partial charge is 0.257 e. The number of carbonyl (C=O) groups is 1. The van der Waals surface area contributed by atoms with E-state index in [0.717, 1.165) is 21.3 Å². The molecule has 0 unspecified atom stereocenters. The third-order valence-electron chi connectivity index (χ3n) is 3.15. The van der Waals surface area contributed by atoms with Crippen LogP contribution in [0.25, 0.3) is 10.2 Å². The third kappa shape index (κ3) is 2.78. The van der Waals surface area contributed by atoms with Crippen LogP contribution in [0, 0.1) is 19.7 Å². The van der Waals surface area contributed by atoms with Gasteiger partial charge >= 0.3 is 0 Å². The molecular formula is C16H13FN2OS. The number of nitrogens with zero attached hydrogens (tertiary/aromatic N) is 1. The highest BCUT2D eigenvalue weighted by molar-refractivity contribution is 7.22. The van der Waals surface area contributed by atoms with Crippen molar-refractivity contribution in [2.75, 3.05) is 5.32 Å². The number of aryl methyl sites for hydroxylation is 2. The van der Waals surface area contributed by atoms with E-state index in [0.29, 0.717) is 10.7 Å². The van der Waals surface area contributed by atoms with Gasteiger partial charge in [-0.15, -0.1) is 0 Å². The van der Waals surface area contributed by atoms with E-state index in [-0.39, 0.29) is 11.7 Å². The fourth-order valence-electron chi connectivity index (χ4n) is 2.20. The molecule has 0 saturated heterocycles. The molecule has 3 rings (SSSR count). The third-order valence-corrected chi connectivity index (χ3v) is 4.27. The number of hydrogen-bond acceptors (Lipinski definition) is 3. The zero-order valence-electron chi connectivity index (χ0n) is 11.6. The summed E-state index contributed by atoms with van der Waals surface area (Å²) >= 11 is 1.44. The molecule has 0 spiro atoms. The van der Waals surface area contributed by atoms with Crippen LogP contribution in [-0.4, -0.2) is 10.9 Å². The first kappa shape index (κ1) is 13.7. The highest BCUT2D eigenvalue weighted by Gasteiger charge is 2.11. The Morgan fingerprint density at radius 1 is 1.19 bits per heavy atom. The topological polar surface area (TPSA) is 42.0 Å². The van der Waals surface area contributed by atoms with Crippen molar-refractivity contribution in [2.45, 2.75) is 13.8 Å². The van der Waals surface area contributed by atoms with E-state index in [2.05, 4.69) is 16.4 Å². The standard InChI is InChI=1S/C16H13FN2OS/c1-9-7-10(2)14-13(8-9)18-16(21-14)19-15(20)11-3-5-12(17)6-4-11/h3-8H,1-2H3,(H,18,19,20). The summed E-state index contributed by atoms with van der Waals surface area (Å²) in [7, 11) is 0. The molecule has 0 aliphatic rings. The summed E-state index contributed by atoms with van der Waals surface area (Å²) in [5.74, 6) is -0.652. The quantitative estimate of drug-likeness (QED) is 0.766. The summed E-state index contributed by atoms with van der Waals surface area (Å²) in [5, 5.41) is 3.31. The molecule has 1 amide bonds. The molecule has 0 atom stereocenters. The van der Waals surface area contributed by atoms with Crippen LogP contribution in [0.2, 0.25) is 0 Å². The van der Waals surface area contributed by atoms with E-state index in [1.807, 2.05) is 19.9 Å². The number of hydrogen-bond donors (Lipinski definition) is 1. The molecule has 2 aromatic carbocycles. The van der Waals surface area contributed by atoms with E-state index in [9.17, 15) is 9.18 Å². The zero-order chi connectivity index (χ0) is 15.0. The van der Waals surface area contributed by atoms with Gasteiger partial charge in [0.15, 0.2) is 5.13 Å². The molecule has 0 aliphatic heterocycles. The Morgan fingerprint density at radius 2 is 1.90 bits per heavy atom. The van der Waals surface area contributed by atoms with E-state index in [4.69, 9.17) is 0 Å². The summed E-state index contributed by atoms with van der Waals surface area (Å²) in [6, 6.07) is 9.51. The van der Waals surface area contributed by atoms with Crippen LogP contribution in [-0.2, 0) is 0 Å². The summed E-state index contributed by atoms with van der Waals surface area (Å²) in [6.45, 7) is 4.04. The first-order chi connectivity index (χ1) is 10.0. The molecule has 0 radical (unpaired) electrons. The Kier molecular flexibility index (Phi) is 3.43. The van der Waals surface area contributed by atoms with Crippen LogP contribution in [0.15, 0.2) is 36.4 Å². The van der Waals surface area contributed by atoms with Crippen LogP contribution in [0.4, 0.5) is 9.52 Å². The maximum atomic E-state index is 12.9. The van der Waals surface area contributed by atoms with Gasteiger partial charge in [-0.2, -0.15) is 0 Å². The van der Waals surface area contributed by atoms with Gasteiger partial charge in [0, 0.05) is 5.56 Å². The first-order valence-electron chi connectivity index (χ1n) is 6.47. The lowest BCUT2D eigenvalue weighted by Crippen LogP contribution is -2.11. The molecule has 0 bridgehead atoms. The van der Waals surface area contributed by atoms with E-state index >= 15 is 0 Å². The van der Waals surface area contributed by atoms with Crippen LogP contribution < -0.4 is 5.32 Å². The molecule has 1 heterocycles. The SMILES string of the molecule is Cc1cc(C)c2sc(NC(=O)c3ccc(F)cc3)nc2c1. The lowest BCUT2D eigenvalue weighted by molar-refractivity contribution is 0.102. The Bertz CT molecular complexity index is 824. The van der Waals surface area contributed by atoms with Crippen LogP contribution >= 0.6 is 11.3 Å². The molecule has 3 aromatic rings. The Hall–Kier alpha value is -2.27. The van der Waals surface area contributed by atoms with Crippen molar-refractivity contribution in [3.8, 4) is 0 Å². The van der Waals surface area contributed by atoms with Gasteiger partial charge in [0.2, 0.25) is 0 Å². The van der Waals surface area contributed by atoms with Crippen molar-refractivity contribution in [1.82, 2.24) is 4.98 Å². The molecule has 1 aromatic heterocycles. The number of benzene rings is 2. The summed E-state index contributed by atoms with van der Waals surface area (Å²) < 4.78 is 13.9. The van der Waals surface area contributed by atoms with E-state index in [1.165, 1.54) is 35.6 Å². The molecule has 3 nitrogen and oxygen atoms in total. The number of thiazole rings is 1. The van der Waals surface area contributed by atoms with Crippen molar-refractivity contribution >= 4 is 32.6 Å². The fraction of sp³-hybridized carbons (Fsp3) is 0.125. The molecule has 0 saturated carbocycles. The van der Waals surface area contributed by atoms with Gasteiger partial charge < -0.3 is 0 Å². The number of nitrogens with one attached hydrogen (secondary N) is 1. The minimum Gasteiger partial charge on any atom is -0.298 e. The molecule has 0 fully saturated rings. The predicted octanol–water partition coefficient (Wildman–Crippen LogP) is 4.30. The molecule has 21 heavy (non-hydrogen) atoms. The number of fused-ring (bicyclic) bond motifs is 1. The molecule has 5 heteroatoms. The average molecular weight is 300 g/mol. The van der Waals surface area contributed by atoms with Crippen molar-refractivity contribution in [3.63, 3.8) is 0 Å². The zero-order valence-corrected chi connectivity index (χ0v) is 12.4. The normalized spacial score (nSPS) is 10.8. The fourth-order valence-corrected chi connectivity index (χ4v) is 3.11. The lowest BCUT2D eigenvalue weighted by atomic mass is 10.1. The van der Waals surface area contributed by atoms with Crippen molar-refractivity contribution in [3.05, 3.63) is 58.9 Å². The number of amides is 1. The Morgan fingerprint density at radius 3 is 2.62 bits per heavy atom. The number of aromatic nitrogens is 1. The minimum absolute atomic E-state index is 0.288. The molecule has 1 N–H and O–H groups in total. The van der Waals surface area contributed by atoms with Crippen molar-refractivity contribution in [2.24, 2.45) is 0 Å². The summed E-state index contributed by atoms with van der Waals surface area (Å²) in [6.07, 6.45) is 0. The van der Waals surface area contributed by atoms with Gasteiger partial charge in [-0.1, -0.05) is 17.4 Å². The maximum Gasteiger partial charge on any atom is 0.257 e. The van der Waals surface area contributed by atoms with Gasteiger partial charge in [0.25, 0.3) is 5.91 Å². The highest BCUT2D eigenvalue weighted by atomic mass is 32.1.